The molecular weight excluding hydrogens is 226 g/mol. The molecule has 0 saturated heterocycles. The van der Waals surface area contributed by atoms with Crippen LogP contribution in [0.15, 0.2) is 24.3 Å². The van der Waals surface area contributed by atoms with Crippen molar-refractivity contribution in [1.29, 1.82) is 0 Å². The van der Waals surface area contributed by atoms with E-state index in [4.69, 9.17) is 11.6 Å². The number of carbonyl (C=O) groups is 1. The molecule has 1 aromatic carbocycles. The van der Waals surface area contributed by atoms with Gasteiger partial charge < -0.3 is 10.4 Å². The van der Waals surface area contributed by atoms with Gasteiger partial charge in [-0.25, -0.2) is 0 Å². The molecule has 1 atom stereocenters. The minimum atomic E-state index is -0.274. The lowest BCUT2D eigenvalue weighted by Gasteiger charge is -2.10. The monoisotopic (exact) mass is 239 g/mol. The molecule has 1 amide bonds. The molecule has 1 fully saturated rings. The van der Waals surface area contributed by atoms with Crippen LogP contribution in [-0.4, -0.2) is 22.9 Å². The molecule has 86 valence electrons. The van der Waals surface area contributed by atoms with Crippen molar-refractivity contribution in [2.24, 2.45) is 5.92 Å². The number of phenolic OH excluding ortho intramolecular Hbond substituents is 1. The Morgan fingerprint density at radius 2 is 2.19 bits per heavy atom. The van der Waals surface area contributed by atoms with Crippen molar-refractivity contribution in [3.8, 4) is 5.75 Å². The molecule has 1 unspecified atom stereocenters. The van der Waals surface area contributed by atoms with Crippen LogP contribution in [0.25, 0.3) is 0 Å². The maximum atomic E-state index is 11.7. The largest absolute Gasteiger partial charge is 0.507 e. The van der Waals surface area contributed by atoms with E-state index in [9.17, 15) is 9.90 Å². The highest BCUT2D eigenvalue weighted by molar-refractivity contribution is 6.21. The Hall–Kier alpha value is -1.22. The summed E-state index contributed by atoms with van der Waals surface area (Å²) in [6.45, 7) is 0.458. The van der Waals surface area contributed by atoms with Crippen molar-refractivity contribution in [2.45, 2.75) is 18.2 Å². The lowest BCUT2D eigenvalue weighted by Crippen LogP contribution is -2.30. The van der Waals surface area contributed by atoms with Crippen molar-refractivity contribution in [3.05, 3.63) is 29.8 Å². The average molecular weight is 240 g/mol. The van der Waals surface area contributed by atoms with Crippen molar-refractivity contribution in [3.63, 3.8) is 0 Å². The normalized spacial score (nSPS) is 16.8. The van der Waals surface area contributed by atoms with Crippen LogP contribution in [0, 0.1) is 5.92 Å². The fourth-order valence-electron chi connectivity index (χ4n) is 1.58. The van der Waals surface area contributed by atoms with Crippen LogP contribution in [0.2, 0.25) is 0 Å². The lowest BCUT2D eigenvalue weighted by atomic mass is 10.2. The second-order valence-corrected chi connectivity index (χ2v) is 4.64. The number of para-hydroxylation sites is 1. The first-order valence-corrected chi connectivity index (χ1v) is 5.82. The molecule has 0 radical (unpaired) electrons. The molecule has 4 heteroatoms. The quantitative estimate of drug-likeness (QED) is 0.791. The number of halogens is 1. The molecule has 0 heterocycles. The molecule has 1 saturated carbocycles. The summed E-state index contributed by atoms with van der Waals surface area (Å²) < 4.78 is 0. The molecule has 1 aromatic rings. The van der Waals surface area contributed by atoms with Crippen LogP contribution in [0.3, 0.4) is 0 Å². The zero-order chi connectivity index (χ0) is 11.5. The summed E-state index contributed by atoms with van der Waals surface area (Å²) in [5.41, 5.74) is 0.294. The molecule has 1 aliphatic carbocycles. The molecule has 0 spiro atoms. The highest BCUT2D eigenvalue weighted by Crippen LogP contribution is 2.35. The first-order valence-electron chi connectivity index (χ1n) is 5.38. The maximum Gasteiger partial charge on any atom is 0.255 e. The van der Waals surface area contributed by atoms with Crippen molar-refractivity contribution < 1.29 is 9.90 Å². The minimum Gasteiger partial charge on any atom is -0.507 e. The van der Waals surface area contributed by atoms with Gasteiger partial charge in [0.2, 0.25) is 0 Å². The fraction of sp³-hybridized carbons (Fsp3) is 0.417. The van der Waals surface area contributed by atoms with E-state index >= 15 is 0 Å². The van der Waals surface area contributed by atoms with Crippen LogP contribution in [0.5, 0.6) is 5.75 Å². The van der Waals surface area contributed by atoms with Gasteiger partial charge in [0, 0.05) is 6.54 Å². The Bertz CT molecular complexity index is 390. The molecule has 0 bridgehead atoms. The summed E-state index contributed by atoms with van der Waals surface area (Å²) in [4.78, 5) is 11.7. The van der Waals surface area contributed by atoms with Crippen LogP contribution in [0.1, 0.15) is 23.2 Å². The third-order valence-electron chi connectivity index (χ3n) is 2.74. The van der Waals surface area contributed by atoms with E-state index in [0.29, 0.717) is 18.0 Å². The van der Waals surface area contributed by atoms with E-state index in [1.54, 1.807) is 18.2 Å². The summed E-state index contributed by atoms with van der Waals surface area (Å²) in [5, 5.41) is 12.2. The third-order valence-corrected chi connectivity index (χ3v) is 3.25. The number of rotatable bonds is 4. The van der Waals surface area contributed by atoms with Crippen LogP contribution in [0.4, 0.5) is 0 Å². The number of hydrogen-bond acceptors (Lipinski definition) is 2. The Labute approximate surface area is 99.4 Å². The second kappa shape index (κ2) is 4.74. The molecule has 1 aliphatic rings. The third kappa shape index (κ3) is 2.67. The smallest absolute Gasteiger partial charge is 0.255 e. The summed E-state index contributed by atoms with van der Waals surface area (Å²) in [5.74, 6) is 0.272. The Morgan fingerprint density at radius 3 is 2.81 bits per heavy atom. The molecule has 0 aromatic heterocycles. The van der Waals surface area contributed by atoms with Gasteiger partial charge in [-0.2, -0.15) is 0 Å². The van der Waals surface area contributed by atoms with Crippen LogP contribution >= 0.6 is 11.6 Å². The first kappa shape index (κ1) is 11.3. The molecule has 16 heavy (non-hydrogen) atoms. The van der Waals surface area contributed by atoms with E-state index in [-0.39, 0.29) is 17.0 Å². The summed E-state index contributed by atoms with van der Waals surface area (Å²) in [6.07, 6.45) is 2.31. The van der Waals surface area contributed by atoms with E-state index in [0.717, 1.165) is 12.8 Å². The van der Waals surface area contributed by atoms with E-state index in [1.165, 1.54) is 6.07 Å². The number of nitrogens with one attached hydrogen (secondary N) is 1. The number of benzene rings is 1. The van der Waals surface area contributed by atoms with Gasteiger partial charge in [-0.15, -0.1) is 11.6 Å². The number of carbonyl (C=O) groups excluding carboxylic acids is 1. The minimum absolute atomic E-state index is 0.00227. The number of alkyl halides is 1. The van der Waals surface area contributed by atoms with Gasteiger partial charge in [0.25, 0.3) is 5.91 Å². The zero-order valence-corrected chi connectivity index (χ0v) is 9.57. The summed E-state index contributed by atoms with van der Waals surface area (Å²) in [7, 11) is 0. The average Bonchev–Trinajstić information content (AvgIpc) is 3.10. The fourth-order valence-corrected chi connectivity index (χ4v) is 1.90. The number of hydrogen-bond donors (Lipinski definition) is 2. The van der Waals surface area contributed by atoms with E-state index in [2.05, 4.69) is 5.32 Å². The standard InChI is InChI=1S/C12H14ClNO2/c13-10(8-5-6-8)7-14-12(16)9-3-1-2-4-11(9)15/h1-4,8,10,15H,5-7H2,(H,14,16). The SMILES string of the molecule is O=C(NCC(Cl)C1CC1)c1ccccc1O. The van der Waals surface area contributed by atoms with Gasteiger partial charge in [0.15, 0.2) is 0 Å². The molecule has 0 aliphatic heterocycles. The molecule has 2 rings (SSSR count). The topological polar surface area (TPSA) is 49.3 Å². The summed E-state index contributed by atoms with van der Waals surface area (Å²) in [6, 6.07) is 6.48. The lowest BCUT2D eigenvalue weighted by molar-refractivity contribution is 0.0950. The van der Waals surface area contributed by atoms with Gasteiger partial charge >= 0.3 is 0 Å². The number of aromatic hydroxyl groups is 1. The second-order valence-electron chi connectivity index (χ2n) is 4.08. The van der Waals surface area contributed by atoms with Crippen molar-refractivity contribution in [1.82, 2.24) is 5.32 Å². The van der Waals surface area contributed by atoms with Crippen molar-refractivity contribution >= 4 is 17.5 Å². The predicted octanol–water partition coefficient (Wildman–Crippen LogP) is 2.14. The van der Waals surface area contributed by atoms with E-state index < -0.39 is 0 Å². The Morgan fingerprint density at radius 1 is 1.50 bits per heavy atom. The Kier molecular flexibility index (Phi) is 3.34. The molecule has 3 nitrogen and oxygen atoms in total. The first-order chi connectivity index (χ1) is 7.68. The highest BCUT2D eigenvalue weighted by atomic mass is 35.5. The summed E-state index contributed by atoms with van der Waals surface area (Å²) >= 11 is 6.07. The van der Waals surface area contributed by atoms with Crippen LogP contribution in [-0.2, 0) is 0 Å². The van der Waals surface area contributed by atoms with Gasteiger partial charge in [0.05, 0.1) is 10.9 Å². The van der Waals surface area contributed by atoms with Gasteiger partial charge in [-0.3, -0.25) is 4.79 Å². The number of phenols is 1. The van der Waals surface area contributed by atoms with Gasteiger partial charge in [0.1, 0.15) is 5.75 Å². The predicted molar refractivity (Wildman–Crippen MR) is 62.8 cm³/mol. The highest BCUT2D eigenvalue weighted by Gasteiger charge is 2.29. The van der Waals surface area contributed by atoms with E-state index in [1.807, 2.05) is 0 Å². The Balaban J connectivity index is 1.90. The zero-order valence-electron chi connectivity index (χ0n) is 8.82. The maximum absolute atomic E-state index is 11.7. The van der Waals surface area contributed by atoms with Crippen LogP contribution < -0.4 is 5.32 Å². The molecular formula is C12H14ClNO2. The van der Waals surface area contributed by atoms with Gasteiger partial charge in [-0.05, 0) is 30.9 Å². The number of amides is 1. The molecule has 2 N–H and O–H groups in total. The van der Waals surface area contributed by atoms with Crippen molar-refractivity contribution in [2.75, 3.05) is 6.54 Å². The van der Waals surface area contributed by atoms with Gasteiger partial charge in [-0.1, -0.05) is 12.1 Å².